The summed E-state index contributed by atoms with van der Waals surface area (Å²) >= 11 is 0. The van der Waals surface area contributed by atoms with Gasteiger partial charge in [-0.3, -0.25) is 14.4 Å². The monoisotopic (exact) mass is 1990 g/mol. The van der Waals surface area contributed by atoms with Crippen LogP contribution in [0.1, 0.15) is 315 Å². The normalized spacial score (nSPS) is 29.5. The van der Waals surface area contributed by atoms with E-state index in [9.17, 15) is 94.0 Å². The number of carbonyl (C=O) groups excluding carboxylic acids is 3. The number of esters is 1. The molecule has 12 N–H and O–H groups in total. The largest absolute Gasteiger partial charge is 1.00 e. The average Bonchev–Trinajstić information content (AvgIpc) is 1.61. The Balaban J connectivity index is 0.000000270. The maximum Gasteiger partial charge on any atom is 1.00 e. The number of ether oxygens (including phenoxy) is 6. The number of para-hydroxylation sites is 1. The van der Waals surface area contributed by atoms with Crippen molar-refractivity contribution in [3.63, 3.8) is 0 Å². The molecule has 9 fully saturated rings. The minimum atomic E-state index is -3.29. The van der Waals surface area contributed by atoms with E-state index in [2.05, 4.69) is 37.5 Å². The fourth-order valence-corrected chi connectivity index (χ4v) is 20.9. The van der Waals surface area contributed by atoms with Crippen molar-refractivity contribution in [2.75, 3.05) is 0 Å². The molecule has 12 rings (SSSR count). The number of benzene rings is 2. The third-order valence-electron chi connectivity index (χ3n) is 29.0. The molecular formula is C112H160F2Na2O25. The zero-order valence-electron chi connectivity index (χ0n) is 84.8. The summed E-state index contributed by atoms with van der Waals surface area (Å²) in [5.74, 6) is 6.23. The molecule has 0 amide bonds. The van der Waals surface area contributed by atoms with Gasteiger partial charge in [0.05, 0.1) is 78.3 Å². The van der Waals surface area contributed by atoms with Gasteiger partial charge in [0.15, 0.2) is 0 Å². The number of aliphatic hydroxyl groups excluding tert-OH is 9. The predicted molar refractivity (Wildman–Crippen MR) is 521 cm³/mol. The predicted octanol–water partition coefficient (Wildman–Crippen LogP) is 9.86. The molecule has 2 aromatic carbocycles. The first-order chi connectivity index (χ1) is 66.6. The second-order valence-corrected chi connectivity index (χ2v) is 39.7. The van der Waals surface area contributed by atoms with Gasteiger partial charge in [-0.15, -0.1) is 23.7 Å². The first-order valence-corrected chi connectivity index (χ1v) is 51.6. The second kappa shape index (κ2) is 64.5. The number of aryl methyl sites for hydroxylation is 1. The first kappa shape index (κ1) is 123. The summed E-state index contributed by atoms with van der Waals surface area (Å²) < 4.78 is 63.9. The third kappa shape index (κ3) is 40.2. The van der Waals surface area contributed by atoms with Crippen molar-refractivity contribution in [2.24, 2.45) is 65.1 Å². The summed E-state index contributed by atoms with van der Waals surface area (Å²) in [5.41, 5.74) is 3.02. The van der Waals surface area contributed by atoms with E-state index in [1.807, 2.05) is 136 Å². The van der Waals surface area contributed by atoms with Crippen molar-refractivity contribution in [3.8, 4) is 29.4 Å². The van der Waals surface area contributed by atoms with Crippen molar-refractivity contribution < 1.29 is 192 Å². The number of unbranched alkanes of at least 4 members (excludes halogenated alkanes) is 9. The molecule has 27 atom stereocenters. The first-order valence-electron chi connectivity index (χ1n) is 51.6. The molecule has 3 unspecified atom stereocenters. The summed E-state index contributed by atoms with van der Waals surface area (Å²) in [6.45, 7) is 13.9. The van der Waals surface area contributed by atoms with E-state index >= 15 is 0 Å². The van der Waals surface area contributed by atoms with Crippen LogP contribution in [0.4, 0.5) is 8.78 Å². The molecule has 0 bridgehead atoms. The Labute approximate surface area is 879 Å². The minimum absolute atomic E-state index is 0. The number of fused-ring (bicyclic) bond motifs is 7. The number of alkyl halides is 2. The van der Waals surface area contributed by atoms with Crippen LogP contribution in [0.25, 0.3) is 0 Å². The van der Waals surface area contributed by atoms with Crippen LogP contribution in [0, 0.1) is 88.8 Å². The molecule has 0 aromatic heterocycles. The molecule has 5 saturated carbocycles. The van der Waals surface area contributed by atoms with Crippen LogP contribution < -0.4 is 74.1 Å². The van der Waals surface area contributed by atoms with E-state index in [4.69, 9.17) is 38.6 Å². The van der Waals surface area contributed by atoms with E-state index in [1.54, 1.807) is 26.0 Å². The van der Waals surface area contributed by atoms with Gasteiger partial charge in [0.25, 0.3) is 0 Å². The van der Waals surface area contributed by atoms with Gasteiger partial charge in [-0.25, -0.2) is 8.78 Å². The van der Waals surface area contributed by atoms with Crippen molar-refractivity contribution in [2.45, 2.75) is 409 Å². The Morgan fingerprint density at radius 2 is 0.965 bits per heavy atom. The molecule has 2 aromatic rings. The molecule has 0 spiro atoms. The van der Waals surface area contributed by atoms with Crippen LogP contribution in [0.15, 0.2) is 145 Å². The molecule has 0 radical (unpaired) electrons. The number of aliphatic carboxylic acids is 4. The van der Waals surface area contributed by atoms with Crippen molar-refractivity contribution in [1.82, 2.24) is 0 Å². The maximum atomic E-state index is 14.6. The van der Waals surface area contributed by atoms with Gasteiger partial charge >= 0.3 is 82.9 Å². The van der Waals surface area contributed by atoms with E-state index < -0.39 is 103 Å². The smallest absolute Gasteiger partial charge is 0.550 e. The Kier molecular flexibility index (Phi) is 56.4. The van der Waals surface area contributed by atoms with Crippen molar-refractivity contribution >= 4 is 29.8 Å². The van der Waals surface area contributed by atoms with E-state index in [-0.39, 0.29) is 206 Å². The molecule has 4 saturated heterocycles. The van der Waals surface area contributed by atoms with Crippen LogP contribution in [-0.2, 0) is 60.7 Å². The summed E-state index contributed by atoms with van der Waals surface area (Å²) in [6.07, 6.45) is 42.8. The van der Waals surface area contributed by atoms with Crippen molar-refractivity contribution in [3.05, 3.63) is 161 Å². The number of carboxylic acids is 4. The topological polar surface area (TPSA) is 430 Å². The molecular weight excluding hydrogens is 1830 g/mol. The fraction of sp³-hybridized carbons (Fsp3) is 0.670. The number of carboxylic acid groups (broad SMARTS) is 4. The zero-order chi connectivity index (χ0) is 101. The zero-order valence-corrected chi connectivity index (χ0v) is 88.8. The molecule has 774 valence electrons. The van der Waals surface area contributed by atoms with E-state index in [0.717, 1.165) is 117 Å². The van der Waals surface area contributed by atoms with Crippen LogP contribution >= 0.6 is 0 Å². The molecule has 5 heterocycles. The summed E-state index contributed by atoms with van der Waals surface area (Å²) in [4.78, 5) is 54.1. The average molecular weight is 1990 g/mol. The number of hydrogen-bond acceptors (Lipinski definition) is 23. The van der Waals surface area contributed by atoms with Gasteiger partial charge in [-0.2, -0.15) is 0 Å². The standard InChI is InChI=1S/C27H38F2O5.C24H30O5.C21H30O5.2C20H32O5.2Na/c1-2-3-16-26(28,29)27(32)17-15-22-21(23(30)18-24(22)34-27)13-9-4-5-10-14-25(31)33-19-20-11-7-6-8-12-20;1-3-4-7-15(2)19(25)13-12-17-20(26)14-21-23(17)18-10-5-8-16(24(18)29-21)9-6-11-22(27)28;1-3-4-7-14(2)18(22)11-10-16-17-12-15(8-5-6-9-21(24)25)26-20(17)13-19(16)23;2*1-2-3-4-7-14(21)10-11-16-17-12-15(8-5-6-9-20(23)24)25-19(17)13-18(16)22;;/h4,6-9,11-12,21-24,30,32H,2-3,5,10,13-19H2,1H3;5,8,10,12-13,15,17,19-21,23,25-26H,6-7,9,11,14H2,1-2H3,(H,27,28);8,10-11,14,16-20,22-23H,5-7,9,12-13H2,1-2H3,(H,24,25);2*8,10-11,14,16-19,21-22H,2-7,9,12-13H2,1H3,(H,23,24);;/q;;;;;2*+1/p-2/b9-4-;13-12+;3*11-10+,15-8-;;/t21-,22?,23+,24-,27-;15?,17-,19+,20+,21-,23-;14?,16-,17-,18-,19-,20+;2*14-,16+,17+,18+,19-;;/m10100../s1. The minimum Gasteiger partial charge on any atom is -0.550 e. The van der Waals surface area contributed by atoms with Gasteiger partial charge in [-0.1, -0.05) is 189 Å². The second-order valence-electron chi connectivity index (χ2n) is 39.7. The number of halogens is 2. The van der Waals surface area contributed by atoms with E-state index in [1.165, 1.54) is 0 Å². The quantitative estimate of drug-likeness (QED) is 0.00963. The molecule has 5 aliphatic carbocycles. The summed E-state index contributed by atoms with van der Waals surface area (Å²) in [6, 6.07) is 15.5. The summed E-state index contributed by atoms with van der Waals surface area (Å²) in [5, 5.41) is 142. The van der Waals surface area contributed by atoms with Gasteiger partial charge in [0.1, 0.15) is 36.8 Å². The number of rotatable bonds is 48. The van der Waals surface area contributed by atoms with Gasteiger partial charge in [0, 0.05) is 161 Å². The van der Waals surface area contributed by atoms with Gasteiger partial charge in [0.2, 0.25) is 5.79 Å². The Bertz CT molecular complexity index is 4380. The van der Waals surface area contributed by atoms with Crippen molar-refractivity contribution in [1.29, 1.82) is 0 Å². The maximum absolute atomic E-state index is 14.6. The Hall–Kier alpha value is -6.55. The fourth-order valence-electron chi connectivity index (χ4n) is 20.9. The molecule has 141 heavy (non-hydrogen) atoms. The number of aliphatic hydroxyl groups is 10. The van der Waals surface area contributed by atoms with Crippen LogP contribution in [0.5, 0.6) is 5.75 Å². The summed E-state index contributed by atoms with van der Waals surface area (Å²) in [7, 11) is 0. The molecule has 25 nitrogen and oxygen atoms in total. The van der Waals surface area contributed by atoms with Crippen LogP contribution in [-0.4, -0.2) is 188 Å². The SMILES string of the molecule is CC#CCC(C)[C@H](O)/C=C/[C@@H]1[C@H]2C/C(=C/CCCC(=O)O)O[C@H]2C[C@H]1O.CC#CCC(C)[C@H](O)/C=C/[C@@H]1[C@H]2c3cccc(CCCC(=O)[O-])c3O[C@H]2C[C@H]1O.CCCCC(F)(F)[C@@]1(O)CCC2[C@@H](C/C=C\CCCC(=O)OCc3ccccc3)[C@@H](O)C[C@H]2O1.CCCCC[C@H](O)/C=C/[C@@H]1[C@H]2C/C(=C/CCCC(=O)O)O[C@H]2C[C@H]1O.CCCCC[C@H](O)/C=C/[C@@H]1[C@H]2C/C(=C/CCCC(=O)[O-])O[C@H]2C[C@H]1O.[Na+].[Na+]. The van der Waals surface area contributed by atoms with Gasteiger partial charge in [-0.05, 0) is 176 Å². The molecule has 5 aliphatic heterocycles. The van der Waals surface area contributed by atoms with Gasteiger partial charge < -0.3 is 110 Å². The van der Waals surface area contributed by atoms with E-state index in [0.29, 0.717) is 128 Å². The number of allylic oxidation sites excluding steroid dienone is 8. The Morgan fingerprint density at radius 3 is 1.44 bits per heavy atom. The van der Waals surface area contributed by atoms with Crippen LogP contribution in [0.2, 0.25) is 0 Å². The molecule has 10 aliphatic rings. The molecule has 29 heteroatoms. The third-order valence-corrected chi connectivity index (χ3v) is 29.0. The number of hydrogen-bond donors (Lipinski definition) is 12. The van der Waals surface area contributed by atoms with Crippen LogP contribution in [0.3, 0.4) is 0 Å². The Morgan fingerprint density at radius 1 is 0.518 bits per heavy atom. The number of carbonyl (C=O) groups is 5.